The summed E-state index contributed by atoms with van der Waals surface area (Å²) < 4.78 is 33.8. The van der Waals surface area contributed by atoms with Crippen LogP contribution < -0.4 is 4.89 Å². The van der Waals surface area contributed by atoms with Crippen LogP contribution in [0.15, 0.2) is 48.6 Å². The molecule has 1 rings (SSSR count). The number of likely N-dealkylation sites (N-methyl/N-ethyl adjacent to an activating group) is 1. The smallest absolute Gasteiger partial charge is 0.306 e. The van der Waals surface area contributed by atoms with Gasteiger partial charge in [-0.15, -0.1) is 0 Å². The van der Waals surface area contributed by atoms with E-state index in [2.05, 4.69) is 44.2 Å². The summed E-state index contributed by atoms with van der Waals surface area (Å²) in [7, 11) is 0.998. The van der Waals surface area contributed by atoms with Crippen molar-refractivity contribution in [3.8, 4) is 0 Å². The van der Waals surface area contributed by atoms with E-state index in [1.165, 1.54) is 38.5 Å². The number of aliphatic hydroxyl groups excluding tert-OH is 2. The predicted octanol–water partition coefficient (Wildman–Crippen LogP) is 9.42. The van der Waals surface area contributed by atoms with Crippen LogP contribution in [-0.2, 0) is 37.5 Å². The van der Waals surface area contributed by atoms with Gasteiger partial charge in [-0.25, -0.2) is 0 Å². The molecule has 1 aliphatic rings. The summed E-state index contributed by atoms with van der Waals surface area (Å²) in [4.78, 5) is 50.4. The Bertz CT molecular complexity index is 1340. The van der Waals surface area contributed by atoms with E-state index in [0.29, 0.717) is 43.1 Å². The number of phosphoric acid groups is 1. The molecule has 1 aliphatic carbocycles. The number of ether oxygens (including phenoxy) is 2. The first-order valence-corrected chi connectivity index (χ1v) is 24.9. The van der Waals surface area contributed by atoms with E-state index in [0.717, 1.165) is 57.8 Å². The van der Waals surface area contributed by atoms with Crippen LogP contribution in [0.1, 0.15) is 162 Å². The number of esters is 2. The molecule has 1 saturated carbocycles. The number of ketones is 1. The highest BCUT2D eigenvalue weighted by atomic mass is 31.2. The second-order valence-corrected chi connectivity index (χ2v) is 19.0. The molecule has 0 aromatic rings. The quantitative estimate of drug-likeness (QED) is 0.0199. The number of unbranched alkanes of at least 4 members (excludes halogenated alkanes) is 12. The lowest BCUT2D eigenvalue weighted by atomic mass is 9.88. The molecule has 1 unspecified atom stereocenters. The maximum absolute atomic E-state index is 12.7. The number of hydrogen-bond acceptors (Lipinski definition) is 11. The molecule has 0 aromatic heterocycles. The number of quaternary nitrogens is 1. The first-order valence-electron chi connectivity index (χ1n) is 23.4. The zero-order valence-electron chi connectivity index (χ0n) is 38.6. The highest BCUT2D eigenvalue weighted by Crippen LogP contribution is 2.38. The molecule has 0 saturated heterocycles. The van der Waals surface area contributed by atoms with Gasteiger partial charge in [-0.2, -0.15) is 0 Å². The fourth-order valence-corrected chi connectivity index (χ4v) is 7.71. The standard InChI is InChI=1S/C48H84NO11P/c1-6-8-10-11-12-13-14-15-16-17-18-19-20-21-22-23-29-33-48(54)60-42(40-59-61(55,56)58-37-36-49(3,4)5)39-57-47(53)32-28-25-24-27-31-43-44(46(52)38-45(43)51)35-34-41(50)30-26-9-7-2/h15-16,18-19,21-22,34-35,41-44,46,50,52H,6-14,17,20,23-33,36-40H2,1-5H3/b16-15-,19-18-,22-21-,35-34+/t41-,42+,43+,44+,46+/m0/s1. The van der Waals surface area contributed by atoms with E-state index in [1.54, 1.807) is 6.08 Å². The molecular formula is C48H84NO11P. The third-order valence-electron chi connectivity index (χ3n) is 10.7. The van der Waals surface area contributed by atoms with Gasteiger partial charge in [-0.05, 0) is 57.8 Å². The molecule has 352 valence electrons. The lowest BCUT2D eigenvalue weighted by Gasteiger charge is -2.28. The van der Waals surface area contributed by atoms with Crippen LogP contribution in [0, 0.1) is 11.8 Å². The first kappa shape index (κ1) is 56.6. The van der Waals surface area contributed by atoms with E-state index in [-0.39, 0.29) is 50.1 Å². The minimum absolute atomic E-state index is 0.0439. The Morgan fingerprint density at radius 2 is 1.38 bits per heavy atom. The molecule has 13 heteroatoms. The van der Waals surface area contributed by atoms with Crippen LogP contribution in [0.4, 0.5) is 0 Å². The molecule has 12 nitrogen and oxygen atoms in total. The van der Waals surface area contributed by atoms with E-state index >= 15 is 0 Å². The number of nitrogens with zero attached hydrogens (tertiary/aromatic N) is 1. The molecular weight excluding hydrogens is 797 g/mol. The number of hydrogen-bond donors (Lipinski definition) is 2. The van der Waals surface area contributed by atoms with Crippen LogP contribution in [0.2, 0.25) is 0 Å². The molecule has 0 aromatic carbocycles. The fourth-order valence-electron chi connectivity index (χ4n) is 6.98. The molecule has 0 aliphatic heterocycles. The van der Waals surface area contributed by atoms with Crippen molar-refractivity contribution in [3.05, 3.63) is 48.6 Å². The van der Waals surface area contributed by atoms with Crippen LogP contribution >= 0.6 is 7.82 Å². The molecule has 0 radical (unpaired) electrons. The maximum Gasteiger partial charge on any atom is 0.306 e. The van der Waals surface area contributed by atoms with Gasteiger partial charge >= 0.3 is 11.9 Å². The van der Waals surface area contributed by atoms with Crippen LogP contribution in [0.3, 0.4) is 0 Å². The van der Waals surface area contributed by atoms with Gasteiger partial charge in [0.15, 0.2) is 6.10 Å². The van der Waals surface area contributed by atoms with Crippen LogP contribution in [0.5, 0.6) is 0 Å². The summed E-state index contributed by atoms with van der Waals surface area (Å²) >= 11 is 0. The Morgan fingerprint density at radius 3 is 2.07 bits per heavy atom. The molecule has 0 amide bonds. The Balaban J connectivity index is 2.49. The lowest BCUT2D eigenvalue weighted by Crippen LogP contribution is -2.37. The molecule has 6 atom stereocenters. The monoisotopic (exact) mass is 882 g/mol. The molecule has 0 bridgehead atoms. The summed E-state index contributed by atoms with van der Waals surface area (Å²) in [5, 5.41) is 20.7. The highest BCUT2D eigenvalue weighted by molar-refractivity contribution is 7.45. The number of aliphatic hydroxyl groups is 2. The van der Waals surface area contributed by atoms with Gasteiger partial charge in [0.2, 0.25) is 0 Å². The first-order chi connectivity index (χ1) is 29.2. The van der Waals surface area contributed by atoms with Gasteiger partial charge < -0.3 is 38.1 Å². The molecule has 61 heavy (non-hydrogen) atoms. The number of Topliss-reactive ketones (excluding diaryl/α,β-unsaturated/α-hetero) is 1. The van der Waals surface area contributed by atoms with Crippen LogP contribution in [-0.4, -0.2) is 98.2 Å². The normalized spacial score (nSPS) is 19.4. The van der Waals surface area contributed by atoms with E-state index in [4.69, 9.17) is 18.5 Å². The van der Waals surface area contributed by atoms with Gasteiger partial charge in [0.05, 0.1) is 40.0 Å². The SMILES string of the molecule is CCCCCCCC/C=C\C/C=C\C/C=C\CCCC(=O)O[C@H](COC(=O)CCCCCC[C@H]1C(=O)C[C@@H](O)[C@@H]1/C=C/[C@@H](O)CCCCC)COP(=O)([O-])OCC[N+](C)(C)C. The summed E-state index contributed by atoms with van der Waals surface area (Å²) in [6.45, 7) is 3.78. The van der Waals surface area contributed by atoms with E-state index < -0.39 is 44.7 Å². The van der Waals surface area contributed by atoms with Gasteiger partial charge in [-0.3, -0.25) is 18.9 Å². The van der Waals surface area contributed by atoms with Crippen molar-refractivity contribution >= 4 is 25.5 Å². The topological polar surface area (TPSA) is 169 Å². The van der Waals surface area contributed by atoms with Crippen LogP contribution in [0.25, 0.3) is 0 Å². The predicted molar refractivity (Wildman–Crippen MR) is 241 cm³/mol. The minimum Gasteiger partial charge on any atom is -0.756 e. The van der Waals surface area contributed by atoms with Gasteiger partial charge in [-0.1, -0.05) is 133 Å². The van der Waals surface area contributed by atoms with Gasteiger partial charge in [0.25, 0.3) is 7.82 Å². The van der Waals surface area contributed by atoms with E-state index in [1.807, 2.05) is 33.3 Å². The summed E-state index contributed by atoms with van der Waals surface area (Å²) in [6, 6.07) is 0. The molecule has 1 fully saturated rings. The number of carbonyl (C=O) groups is 3. The lowest BCUT2D eigenvalue weighted by molar-refractivity contribution is -0.870. The molecule has 0 spiro atoms. The average Bonchev–Trinajstić information content (AvgIpc) is 3.47. The van der Waals surface area contributed by atoms with Crippen molar-refractivity contribution in [1.29, 1.82) is 0 Å². The Hall–Kier alpha value is -2.44. The van der Waals surface area contributed by atoms with Gasteiger partial charge in [0, 0.05) is 31.1 Å². The van der Waals surface area contributed by atoms with Crippen molar-refractivity contribution in [2.45, 2.75) is 180 Å². The summed E-state index contributed by atoms with van der Waals surface area (Å²) in [5.74, 6) is -1.60. The zero-order valence-corrected chi connectivity index (χ0v) is 39.5. The average molecular weight is 882 g/mol. The largest absolute Gasteiger partial charge is 0.756 e. The summed E-state index contributed by atoms with van der Waals surface area (Å²) in [6.07, 6.45) is 33.3. The molecule has 0 heterocycles. The van der Waals surface area contributed by atoms with Crippen molar-refractivity contribution in [1.82, 2.24) is 0 Å². The Labute approximate surface area is 369 Å². The van der Waals surface area contributed by atoms with Crippen molar-refractivity contribution in [3.63, 3.8) is 0 Å². The number of allylic oxidation sites excluding steroid dienone is 6. The Morgan fingerprint density at radius 1 is 0.787 bits per heavy atom. The fraction of sp³-hybridized carbons (Fsp3) is 0.771. The zero-order chi connectivity index (χ0) is 45.2. The van der Waals surface area contributed by atoms with E-state index in [9.17, 15) is 34.1 Å². The number of phosphoric ester groups is 1. The minimum atomic E-state index is -4.70. The Kier molecular flexibility index (Phi) is 32.4. The van der Waals surface area contributed by atoms with Crippen molar-refractivity contribution in [2.24, 2.45) is 11.8 Å². The van der Waals surface area contributed by atoms with Crippen molar-refractivity contribution in [2.75, 3.05) is 47.5 Å². The van der Waals surface area contributed by atoms with Crippen molar-refractivity contribution < 1.29 is 57.1 Å². The number of carbonyl (C=O) groups excluding carboxylic acids is 3. The summed E-state index contributed by atoms with van der Waals surface area (Å²) in [5.41, 5.74) is 0. The number of rotatable bonds is 38. The van der Waals surface area contributed by atoms with Gasteiger partial charge in [0.1, 0.15) is 25.5 Å². The third kappa shape index (κ3) is 32.0. The second kappa shape index (κ2) is 35.0. The maximum atomic E-state index is 12.7. The second-order valence-electron chi connectivity index (χ2n) is 17.5. The third-order valence-corrected chi connectivity index (χ3v) is 11.7. The molecule has 2 N–H and O–H groups in total. The highest BCUT2D eigenvalue weighted by Gasteiger charge is 2.39.